The first-order valence-corrected chi connectivity index (χ1v) is 10.2. The fraction of sp³-hybridized carbons (Fsp3) is 0.364. The number of aryl methyl sites for hydroxylation is 2. The van der Waals surface area contributed by atoms with Crippen LogP contribution in [0.2, 0.25) is 0 Å². The molecule has 0 saturated heterocycles. The second-order valence-corrected chi connectivity index (χ2v) is 7.55. The summed E-state index contributed by atoms with van der Waals surface area (Å²) < 4.78 is 54.7. The molecule has 1 aliphatic rings. The van der Waals surface area contributed by atoms with Crippen LogP contribution in [0.25, 0.3) is 5.69 Å². The van der Waals surface area contributed by atoms with Crippen molar-refractivity contribution in [3.63, 3.8) is 0 Å². The highest BCUT2D eigenvalue weighted by Crippen LogP contribution is 2.32. The van der Waals surface area contributed by atoms with Crippen molar-refractivity contribution in [1.29, 1.82) is 0 Å². The molecule has 9 heteroatoms. The van der Waals surface area contributed by atoms with Crippen molar-refractivity contribution in [3.05, 3.63) is 64.2 Å². The first-order valence-electron chi connectivity index (χ1n) is 10.2. The number of aromatic nitrogens is 3. The third kappa shape index (κ3) is 3.81. The smallest absolute Gasteiger partial charge is 0.349 e. The molecule has 4 rings (SSSR count). The number of para-hydroxylation sites is 1. The predicted molar refractivity (Wildman–Crippen MR) is 112 cm³/mol. The molecule has 0 unspecified atom stereocenters. The van der Waals surface area contributed by atoms with Crippen LogP contribution in [0, 0.1) is 5.82 Å². The van der Waals surface area contributed by atoms with Gasteiger partial charge in [0.2, 0.25) is 0 Å². The minimum absolute atomic E-state index is 0.117. The Hall–Kier alpha value is -2.84. The second-order valence-electron chi connectivity index (χ2n) is 7.55. The molecule has 31 heavy (non-hydrogen) atoms. The maximum absolute atomic E-state index is 14.5. The van der Waals surface area contributed by atoms with Crippen molar-refractivity contribution in [2.45, 2.75) is 45.8 Å². The molecule has 0 saturated carbocycles. The number of rotatable bonds is 4. The van der Waals surface area contributed by atoms with Gasteiger partial charge in [0.15, 0.2) is 11.6 Å². The van der Waals surface area contributed by atoms with Crippen LogP contribution >= 0.6 is 0 Å². The number of hydrogen-bond acceptors (Lipinski definition) is 3. The molecule has 2 radical (unpaired) electrons. The van der Waals surface area contributed by atoms with E-state index in [9.17, 15) is 17.6 Å². The third-order valence-corrected chi connectivity index (χ3v) is 5.70. The molecule has 0 fully saturated rings. The highest BCUT2D eigenvalue weighted by molar-refractivity contribution is 6.32. The Labute approximate surface area is 179 Å². The molecule has 3 aromatic rings. The SMILES string of the molecule is [B]c1c2c(nn1-c1c(CC)cccc1CC)CCN(c1ncc(C(F)(F)F)cc1F)C2. The summed E-state index contributed by atoms with van der Waals surface area (Å²) in [5.41, 5.74) is 4.13. The van der Waals surface area contributed by atoms with Crippen LogP contribution in [0.3, 0.4) is 0 Å². The lowest BCUT2D eigenvalue weighted by Crippen LogP contribution is -2.34. The van der Waals surface area contributed by atoms with E-state index in [4.69, 9.17) is 12.9 Å². The van der Waals surface area contributed by atoms with Gasteiger partial charge in [-0.15, -0.1) is 0 Å². The predicted octanol–water partition coefficient (Wildman–Crippen LogP) is 3.91. The summed E-state index contributed by atoms with van der Waals surface area (Å²) in [7, 11) is 6.47. The van der Waals surface area contributed by atoms with Gasteiger partial charge in [-0.1, -0.05) is 32.0 Å². The van der Waals surface area contributed by atoms with Gasteiger partial charge in [-0.3, -0.25) is 0 Å². The Morgan fingerprint density at radius 2 is 1.81 bits per heavy atom. The molecule has 160 valence electrons. The molecule has 1 aliphatic heterocycles. The number of pyridine rings is 1. The van der Waals surface area contributed by atoms with Gasteiger partial charge in [0.1, 0.15) is 7.85 Å². The van der Waals surface area contributed by atoms with E-state index in [2.05, 4.69) is 18.8 Å². The van der Waals surface area contributed by atoms with Gasteiger partial charge in [0, 0.05) is 31.3 Å². The number of benzene rings is 1. The molecule has 4 nitrogen and oxygen atoms in total. The first kappa shape index (κ1) is 21.4. The normalized spacial score (nSPS) is 14.1. The average molecular weight is 428 g/mol. The summed E-state index contributed by atoms with van der Waals surface area (Å²) in [5.74, 6) is -1.12. The maximum Gasteiger partial charge on any atom is 0.417 e. The monoisotopic (exact) mass is 428 g/mol. The van der Waals surface area contributed by atoms with Crippen LogP contribution in [0.5, 0.6) is 0 Å². The molecule has 1 aromatic carbocycles. The van der Waals surface area contributed by atoms with E-state index in [-0.39, 0.29) is 12.4 Å². The Morgan fingerprint density at radius 3 is 2.39 bits per heavy atom. The van der Waals surface area contributed by atoms with Gasteiger partial charge in [-0.2, -0.15) is 18.3 Å². The Balaban J connectivity index is 1.71. The highest BCUT2D eigenvalue weighted by Gasteiger charge is 2.33. The van der Waals surface area contributed by atoms with E-state index in [0.29, 0.717) is 30.8 Å². The van der Waals surface area contributed by atoms with Crippen molar-refractivity contribution in [2.24, 2.45) is 0 Å². The van der Waals surface area contributed by atoms with Crippen molar-refractivity contribution >= 4 is 19.3 Å². The molecule has 3 heterocycles. The lowest BCUT2D eigenvalue weighted by Gasteiger charge is -2.28. The largest absolute Gasteiger partial charge is 0.417 e. The lowest BCUT2D eigenvalue weighted by molar-refractivity contribution is -0.138. The summed E-state index contributed by atoms with van der Waals surface area (Å²) in [5, 5.41) is 4.74. The zero-order chi connectivity index (χ0) is 22.3. The maximum atomic E-state index is 14.5. The average Bonchev–Trinajstić information content (AvgIpc) is 3.07. The van der Waals surface area contributed by atoms with E-state index in [1.54, 1.807) is 9.58 Å². The Kier molecular flexibility index (Phi) is 5.53. The molecule has 0 bridgehead atoms. The number of hydrogen-bond donors (Lipinski definition) is 0. The van der Waals surface area contributed by atoms with Crippen LogP contribution in [0.15, 0.2) is 30.5 Å². The summed E-state index contributed by atoms with van der Waals surface area (Å²) >= 11 is 0. The standard InChI is InChI=1S/C22H21BF4N4/c1-3-13-6-5-7-14(4-2)19(13)31-20(23)16-12-30(9-8-18(16)29-31)21-17(24)10-15(11-28-21)22(25,26)27/h5-7,10-11H,3-4,8-9,12H2,1-2H3. The van der Waals surface area contributed by atoms with E-state index in [1.165, 1.54) is 0 Å². The number of halogens is 4. The van der Waals surface area contributed by atoms with Crippen molar-refractivity contribution in [3.8, 4) is 5.69 Å². The minimum atomic E-state index is -4.64. The van der Waals surface area contributed by atoms with Gasteiger partial charge in [-0.25, -0.2) is 14.1 Å². The molecule has 0 atom stereocenters. The van der Waals surface area contributed by atoms with E-state index >= 15 is 0 Å². The lowest BCUT2D eigenvalue weighted by atomic mass is 9.93. The molecule has 0 aliphatic carbocycles. The van der Waals surface area contributed by atoms with Gasteiger partial charge in [0.05, 0.1) is 16.9 Å². The van der Waals surface area contributed by atoms with Crippen LogP contribution in [0.4, 0.5) is 23.4 Å². The van der Waals surface area contributed by atoms with Crippen molar-refractivity contribution in [2.75, 3.05) is 11.4 Å². The van der Waals surface area contributed by atoms with Gasteiger partial charge >= 0.3 is 6.18 Å². The third-order valence-electron chi connectivity index (χ3n) is 5.70. The van der Waals surface area contributed by atoms with Crippen LogP contribution in [-0.2, 0) is 32.0 Å². The van der Waals surface area contributed by atoms with Crippen LogP contribution < -0.4 is 10.5 Å². The quantitative estimate of drug-likeness (QED) is 0.467. The van der Waals surface area contributed by atoms with Crippen LogP contribution in [0.1, 0.15) is 41.8 Å². The fourth-order valence-corrected chi connectivity index (χ4v) is 4.05. The Morgan fingerprint density at radius 1 is 1.13 bits per heavy atom. The topological polar surface area (TPSA) is 34.0 Å². The molecule has 0 amide bonds. The van der Waals surface area contributed by atoms with E-state index in [1.807, 2.05) is 18.2 Å². The number of anilines is 1. The van der Waals surface area contributed by atoms with Crippen molar-refractivity contribution in [1.82, 2.24) is 14.8 Å². The molecular weight excluding hydrogens is 407 g/mol. The first-order chi connectivity index (χ1) is 14.7. The number of alkyl halides is 3. The summed E-state index contributed by atoms with van der Waals surface area (Å²) in [6.07, 6.45) is -1.85. The van der Waals surface area contributed by atoms with Gasteiger partial charge in [0.25, 0.3) is 0 Å². The van der Waals surface area contributed by atoms with Crippen molar-refractivity contribution < 1.29 is 17.6 Å². The van der Waals surface area contributed by atoms with Crippen LogP contribution in [-0.4, -0.2) is 29.2 Å². The zero-order valence-corrected chi connectivity index (χ0v) is 17.3. The molecule has 2 aromatic heterocycles. The minimum Gasteiger partial charge on any atom is -0.349 e. The summed E-state index contributed by atoms with van der Waals surface area (Å²) in [6, 6.07) is 6.59. The summed E-state index contributed by atoms with van der Waals surface area (Å²) in [6.45, 7) is 4.75. The molecule has 0 N–H and O–H groups in total. The molecule has 0 spiro atoms. The van der Waals surface area contributed by atoms with Gasteiger partial charge in [-0.05, 0) is 35.6 Å². The second kappa shape index (κ2) is 8.02. The van der Waals surface area contributed by atoms with E-state index in [0.717, 1.165) is 40.9 Å². The number of fused-ring (bicyclic) bond motifs is 1. The zero-order valence-electron chi connectivity index (χ0n) is 17.3. The van der Waals surface area contributed by atoms with E-state index < -0.39 is 17.6 Å². The molecular formula is C22H21BF4N4. The Bertz CT molecular complexity index is 1100. The summed E-state index contributed by atoms with van der Waals surface area (Å²) in [4.78, 5) is 5.36. The highest BCUT2D eigenvalue weighted by atomic mass is 19.4. The van der Waals surface area contributed by atoms with Gasteiger partial charge < -0.3 is 4.90 Å². The fourth-order valence-electron chi connectivity index (χ4n) is 4.05. The number of nitrogens with zero attached hydrogens (tertiary/aromatic N) is 4.